The Kier molecular flexibility index (Phi) is 6.67. The molecule has 0 unspecified atom stereocenters. The summed E-state index contributed by atoms with van der Waals surface area (Å²) in [5, 5.41) is 11.4. The van der Waals surface area contributed by atoms with Crippen LogP contribution in [0.5, 0.6) is 5.75 Å². The molecule has 5 nitrogen and oxygen atoms in total. The van der Waals surface area contributed by atoms with E-state index >= 15 is 0 Å². The maximum absolute atomic E-state index is 13.3. The van der Waals surface area contributed by atoms with Gasteiger partial charge in [0.25, 0.3) is 0 Å². The maximum atomic E-state index is 13.3. The third-order valence-corrected chi connectivity index (χ3v) is 7.64. The van der Waals surface area contributed by atoms with Crippen molar-refractivity contribution in [3.8, 4) is 11.8 Å². The van der Waals surface area contributed by atoms with E-state index in [1.165, 1.54) is 23.9 Å². The summed E-state index contributed by atoms with van der Waals surface area (Å²) in [5.74, 6) is 0.606. The summed E-state index contributed by atoms with van der Waals surface area (Å²) in [6, 6.07) is 23.6. The van der Waals surface area contributed by atoms with Gasteiger partial charge in [0.05, 0.1) is 29.2 Å². The van der Waals surface area contributed by atoms with Crippen LogP contribution in [0, 0.1) is 17.1 Å². The normalized spacial score (nSPS) is 17.7. The number of anilines is 1. The van der Waals surface area contributed by atoms with Crippen molar-refractivity contribution < 1.29 is 13.9 Å². The molecule has 176 valence electrons. The van der Waals surface area contributed by atoms with E-state index in [9.17, 15) is 14.4 Å². The molecular weight excluding hydrogens is 485 g/mol. The minimum atomic E-state index is -0.304. The van der Waals surface area contributed by atoms with E-state index in [0.29, 0.717) is 40.5 Å². The molecule has 1 amide bonds. The van der Waals surface area contributed by atoms with Gasteiger partial charge < -0.3 is 9.64 Å². The molecule has 2 aliphatic heterocycles. The van der Waals surface area contributed by atoms with Crippen LogP contribution in [0.3, 0.4) is 0 Å². The largest absolute Gasteiger partial charge is 0.489 e. The Hall–Kier alpha value is -3.47. The van der Waals surface area contributed by atoms with Gasteiger partial charge in [0.15, 0.2) is 0 Å². The Morgan fingerprint density at radius 2 is 1.83 bits per heavy atom. The Bertz CT molecular complexity index is 1320. The van der Waals surface area contributed by atoms with Gasteiger partial charge in [-0.25, -0.2) is 4.39 Å². The Balaban J connectivity index is 1.33. The van der Waals surface area contributed by atoms with Gasteiger partial charge in [0.2, 0.25) is 5.91 Å². The number of nitrogens with zero attached hydrogens (tertiary/aromatic N) is 3. The maximum Gasteiger partial charge on any atom is 0.229 e. The second kappa shape index (κ2) is 10.0. The van der Waals surface area contributed by atoms with E-state index in [-0.39, 0.29) is 24.1 Å². The molecule has 0 N–H and O–H groups in total. The number of rotatable bonds is 5. The molecule has 35 heavy (non-hydrogen) atoms. The molecule has 0 aliphatic carbocycles. The highest BCUT2D eigenvalue weighted by Gasteiger charge is 2.38. The first-order valence-corrected chi connectivity index (χ1v) is 12.4. The number of carbonyl (C=O) groups is 1. The number of ether oxygens (including phenoxy) is 1. The highest BCUT2D eigenvalue weighted by Crippen LogP contribution is 2.43. The molecule has 1 saturated heterocycles. The fraction of sp³-hybridized carbons (Fsp3) is 0.185. The molecule has 3 aromatic carbocycles. The quantitative estimate of drug-likeness (QED) is 0.408. The summed E-state index contributed by atoms with van der Waals surface area (Å²) in [6.07, 6.45) is 0.212. The van der Waals surface area contributed by atoms with E-state index in [0.717, 1.165) is 16.8 Å². The predicted octanol–water partition coefficient (Wildman–Crippen LogP) is 6.28. The number of amides is 1. The third kappa shape index (κ3) is 4.86. The van der Waals surface area contributed by atoms with Crippen LogP contribution >= 0.6 is 23.4 Å². The summed E-state index contributed by atoms with van der Waals surface area (Å²) in [6.45, 7) is 0.685. The van der Waals surface area contributed by atoms with Gasteiger partial charge in [-0.3, -0.25) is 9.69 Å². The lowest BCUT2D eigenvalue weighted by Gasteiger charge is -2.42. The van der Waals surface area contributed by atoms with Crippen molar-refractivity contribution in [2.45, 2.75) is 18.9 Å². The molecule has 1 fully saturated rings. The van der Waals surface area contributed by atoms with E-state index in [1.807, 2.05) is 53.4 Å². The zero-order chi connectivity index (χ0) is 24.4. The van der Waals surface area contributed by atoms with E-state index in [4.69, 9.17) is 16.3 Å². The summed E-state index contributed by atoms with van der Waals surface area (Å²) in [7, 11) is 0. The van der Waals surface area contributed by atoms with Crippen molar-refractivity contribution in [3.63, 3.8) is 0 Å². The molecule has 0 spiro atoms. The summed E-state index contributed by atoms with van der Waals surface area (Å²) >= 11 is 7.65. The first-order chi connectivity index (χ1) is 17.0. The minimum absolute atomic E-state index is 0.0395. The fourth-order valence-electron chi connectivity index (χ4n) is 4.24. The van der Waals surface area contributed by atoms with Crippen LogP contribution in [0.1, 0.15) is 23.5 Å². The monoisotopic (exact) mass is 505 g/mol. The number of allylic oxidation sites excluding steroid dienone is 1. The molecule has 1 atom stereocenters. The molecule has 2 heterocycles. The highest BCUT2D eigenvalue weighted by molar-refractivity contribution is 8.03. The lowest BCUT2D eigenvalue weighted by atomic mass is 9.86. The van der Waals surface area contributed by atoms with Crippen LogP contribution in [-0.2, 0) is 11.4 Å². The number of hydrogen-bond donors (Lipinski definition) is 0. The number of fused-ring (bicyclic) bond motifs is 1. The van der Waals surface area contributed by atoms with Crippen molar-refractivity contribution >= 4 is 35.0 Å². The topological polar surface area (TPSA) is 56.6 Å². The fourth-order valence-corrected chi connectivity index (χ4v) is 5.59. The van der Waals surface area contributed by atoms with E-state index in [1.54, 1.807) is 17.0 Å². The van der Waals surface area contributed by atoms with Crippen LogP contribution in [-0.4, -0.2) is 23.4 Å². The van der Waals surface area contributed by atoms with Crippen molar-refractivity contribution in [2.75, 3.05) is 17.4 Å². The minimum Gasteiger partial charge on any atom is -0.489 e. The van der Waals surface area contributed by atoms with Crippen LogP contribution in [0.2, 0.25) is 5.02 Å². The van der Waals surface area contributed by atoms with Gasteiger partial charge in [-0.15, -0.1) is 0 Å². The first kappa shape index (κ1) is 23.3. The average Bonchev–Trinajstić information content (AvgIpc) is 2.89. The van der Waals surface area contributed by atoms with Gasteiger partial charge in [-0.1, -0.05) is 53.7 Å². The highest BCUT2D eigenvalue weighted by atomic mass is 35.5. The summed E-state index contributed by atoms with van der Waals surface area (Å²) in [5.41, 5.74) is 3.22. The third-order valence-electron chi connectivity index (χ3n) is 6.12. The molecule has 8 heteroatoms. The van der Waals surface area contributed by atoms with Crippen LogP contribution < -0.4 is 9.64 Å². The smallest absolute Gasteiger partial charge is 0.229 e. The standard InChI is InChI=1S/C27H21ClFN3O2S/c28-25-4-2-1-3-19(25)15-34-22-11-5-18(6-12-22)23-13-26(33)32-16-31(17-35-27(32)24(23)14-30)21-9-7-20(29)8-10-21/h1-12,23H,13,15-17H2/t23-/m1/s1. The van der Waals surface area contributed by atoms with E-state index in [2.05, 4.69) is 6.07 Å². The van der Waals surface area contributed by atoms with Crippen molar-refractivity contribution in [1.82, 2.24) is 4.90 Å². The first-order valence-electron chi connectivity index (χ1n) is 11.1. The Morgan fingerprint density at radius 3 is 2.54 bits per heavy atom. The Morgan fingerprint density at radius 1 is 1.09 bits per heavy atom. The summed E-state index contributed by atoms with van der Waals surface area (Å²) < 4.78 is 19.2. The molecule has 3 aromatic rings. The molecular formula is C27H21ClFN3O2S. The van der Waals surface area contributed by atoms with Gasteiger partial charge in [0.1, 0.15) is 18.2 Å². The van der Waals surface area contributed by atoms with Gasteiger partial charge in [0, 0.05) is 28.6 Å². The SMILES string of the molecule is N#CC1=C2SCN(c3ccc(F)cc3)CN2C(=O)C[C@@H]1c1ccc(OCc2ccccc2Cl)cc1. The number of hydrogen-bond acceptors (Lipinski definition) is 5. The molecule has 0 radical (unpaired) electrons. The van der Waals surface area contributed by atoms with Gasteiger partial charge >= 0.3 is 0 Å². The number of thioether (sulfide) groups is 1. The van der Waals surface area contributed by atoms with Gasteiger partial charge in [-0.2, -0.15) is 5.26 Å². The lowest BCUT2D eigenvalue weighted by Crippen LogP contribution is -2.47. The molecule has 0 aromatic heterocycles. The molecule has 0 bridgehead atoms. The van der Waals surface area contributed by atoms with Crippen LogP contribution in [0.15, 0.2) is 83.4 Å². The average molecular weight is 506 g/mol. The zero-order valence-electron chi connectivity index (χ0n) is 18.7. The molecule has 5 rings (SSSR count). The molecule has 2 aliphatic rings. The number of carbonyl (C=O) groups excluding carboxylic acids is 1. The van der Waals surface area contributed by atoms with Crippen molar-refractivity contribution in [2.24, 2.45) is 0 Å². The predicted molar refractivity (Wildman–Crippen MR) is 135 cm³/mol. The number of halogens is 2. The second-order valence-electron chi connectivity index (χ2n) is 8.29. The summed E-state index contributed by atoms with van der Waals surface area (Å²) in [4.78, 5) is 16.8. The zero-order valence-corrected chi connectivity index (χ0v) is 20.2. The second-order valence-corrected chi connectivity index (χ2v) is 9.63. The lowest BCUT2D eigenvalue weighted by molar-refractivity contribution is -0.129. The van der Waals surface area contributed by atoms with Gasteiger partial charge in [-0.05, 0) is 48.0 Å². The Labute approximate surface area is 212 Å². The van der Waals surface area contributed by atoms with E-state index < -0.39 is 0 Å². The van der Waals surface area contributed by atoms with Crippen molar-refractivity contribution in [1.29, 1.82) is 5.26 Å². The van der Waals surface area contributed by atoms with Crippen molar-refractivity contribution in [3.05, 3.63) is 105 Å². The molecule has 0 saturated carbocycles. The van der Waals surface area contributed by atoms with Crippen LogP contribution in [0.4, 0.5) is 10.1 Å². The number of nitriles is 1. The number of benzene rings is 3. The van der Waals surface area contributed by atoms with Crippen LogP contribution in [0.25, 0.3) is 0 Å².